The maximum absolute atomic E-state index is 12.5. The van der Waals surface area contributed by atoms with Gasteiger partial charge in [-0.05, 0) is 19.9 Å². The fraction of sp³-hybridized carbons (Fsp3) is 0.929. The molecule has 0 aromatic heterocycles. The van der Waals surface area contributed by atoms with E-state index in [1.54, 1.807) is 0 Å². The fourth-order valence-corrected chi connectivity index (χ4v) is 3.29. The van der Waals surface area contributed by atoms with Crippen LogP contribution < -0.4 is 0 Å². The van der Waals surface area contributed by atoms with Crippen molar-refractivity contribution in [3.05, 3.63) is 0 Å². The largest absolute Gasteiger partial charge is 0.378 e. The van der Waals surface area contributed by atoms with E-state index in [-0.39, 0.29) is 11.9 Å². The van der Waals surface area contributed by atoms with E-state index in [1.165, 1.54) is 0 Å². The minimum atomic E-state index is -0.461. The Balaban J connectivity index is 1.60. The molecule has 3 aliphatic rings. The van der Waals surface area contributed by atoms with Crippen LogP contribution in [-0.4, -0.2) is 80.1 Å². The summed E-state index contributed by atoms with van der Waals surface area (Å²) >= 11 is 0. The third-order valence-corrected chi connectivity index (χ3v) is 4.49. The minimum Gasteiger partial charge on any atom is -0.378 e. The molecule has 1 spiro atoms. The molecule has 0 radical (unpaired) electrons. The van der Waals surface area contributed by atoms with Crippen LogP contribution in [0.2, 0.25) is 0 Å². The van der Waals surface area contributed by atoms with Gasteiger partial charge < -0.3 is 19.1 Å². The molecule has 6 heteroatoms. The molecule has 6 nitrogen and oxygen atoms in total. The van der Waals surface area contributed by atoms with Crippen LogP contribution in [0.1, 0.15) is 19.8 Å². The monoisotopic (exact) mass is 284 g/mol. The molecule has 3 aliphatic heterocycles. The van der Waals surface area contributed by atoms with Crippen LogP contribution in [0.4, 0.5) is 0 Å². The van der Waals surface area contributed by atoms with Crippen LogP contribution in [-0.2, 0) is 19.0 Å². The number of nitrogens with zero attached hydrogens (tertiary/aromatic N) is 2. The molecule has 3 rings (SSSR count). The lowest BCUT2D eigenvalue weighted by molar-refractivity contribution is -0.195. The third-order valence-electron chi connectivity index (χ3n) is 4.49. The standard InChI is InChI=1S/C14H24N2O4/c1-12(13(17)15-5-7-18-8-6-15)16-4-2-3-14(11-16)19-9-10-20-14/h12H,2-11H2,1H3. The van der Waals surface area contributed by atoms with Crippen LogP contribution in [0, 0.1) is 0 Å². The highest BCUT2D eigenvalue weighted by molar-refractivity contribution is 5.81. The average Bonchev–Trinajstić information content (AvgIpc) is 2.94. The van der Waals surface area contributed by atoms with Crippen LogP contribution in [0.5, 0.6) is 0 Å². The number of amides is 1. The van der Waals surface area contributed by atoms with Crippen molar-refractivity contribution >= 4 is 5.91 Å². The summed E-state index contributed by atoms with van der Waals surface area (Å²) in [6.07, 6.45) is 1.95. The van der Waals surface area contributed by atoms with Crippen LogP contribution in [0.3, 0.4) is 0 Å². The lowest BCUT2D eigenvalue weighted by Crippen LogP contribution is -2.57. The quantitative estimate of drug-likeness (QED) is 0.718. The second-order valence-corrected chi connectivity index (χ2v) is 5.80. The van der Waals surface area contributed by atoms with E-state index in [4.69, 9.17) is 14.2 Å². The third kappa shape index (κ3) is 2.83. The number of hydrogen-bond acceptors (Lipinski definition) is 5. The van der Waals surface area contributed by atoms with Gasteiger partial charge in [-0.3, -0.25) is 9.69 Å². The number of carbonyl (C=O) groups is 1. The summed E-state index contributed by atoms with van der Waals surface area (Å²) in [7, 11) is 0. The van der Waals surface area contributed by atoms with Crippen molar-refractivity contribution in [2.75, 3.05) is 52.6 Å². The van der Waals surface area contributed by atoms with Crippen LogP contribution >= 0.6 is 0 Å². The molecule has 114 valence electrons. The summed E-state index contributed by atoms with van der Waals surface area (Å²) in [5.74, 6) is -0.263. The second-order valence-electron chi connectivity index (χ2n) is 5.80. The zero-order chi connectivity index (χ0) is 14.0. The number of likely N-dealkylation sites (tertiary alicyclic amines) is 1. The summed E-state index contributed by atoms with van der Waals surface area (Å²) < 4.78 is 16.9. The van der Waals surface area contributed by atoms with E-state index in [0.29, 0.717) is 46.1 Å². The van der Waals surface area contributed by atoms with Gasteiger partial charge in [-0.2, -0.15) is 0 Å². The van der Waals surface area contributed by atoms with Gasteiger partial charge in [0.15, 0.2) is 5.79 Å². The Morgan fingerprint density at radius 2 is 1.80 bits per heavy atom. The molecule has 0 aromatic carbocycles. The highest BCUT2D eigenvalue weighted by Crippen LogP contribution is 2.31. The molecular formula is C14H24N2O4. The summed E-state index contributed by atoms with van der Waals surface area (Å²) in [5, 5.41) is 0. The fourth-order valence-electron chi connectivity index (χ4n) is 3.29. The van der Waals surface area contributed by atoms with Crippen molar-refractivity contribution in [1.29, 1.82) is 0 Å². The predicted molar refractivity (Wildman–Crippen MR) is 72.3 cm³/mol. The predicted octanol–water partition coefficient (Wildman–Crippen LogP) is 0.0726. The molecule has 0 saturated carbocycles. The average molecular weight is 284 g/mol. The van der Waals surface area contributed by atoms with E-state index in [2.05, 4.69) is 4.90 Å². The summed E-state index contributed by atoms with van der Waals surface area (Å²) in [4.78, 5) is 16.7. The first-order valence-electron chi connectivity index (χ1n) is 7.59. The first kappa shape index (κ1) is 14.3. The SMILES string of the molecule is CC(C(=O)N1CCOCC1)N1CCCC2(C1)OCCO2. The normalized spacial score (nSPS) is 28.8. The Morgan fingerprint density at radius 1 is 1.10 bits per heavy atom. The van der Waals surface area contributed by atoms with Gasteiger partial charge in [-0.15, -0.1) is 0 Å². The minimum absolute atomic E-state index is 0.113. The van der Waals surface area contributed by atoms with E-state index in [1.807, 2.05) is 11.8 Å². The number of piperidine rings is 1. The lowest BCUT2D eigenvalue weighted by atomic mass is 10.0. The van der Waals surface area contributed by atoms with Gasteiger partial charge in [0.1, 0.15) is 0 Å². The molecule has 0 aliphatic carbocycles. The number of hydrogen-bond donors (Lipinski definition) is 0. The van der Waals surface area contributed by atoms with Crippen molar-refractivity contribution in [2.24, 2.45) is 0 Å². The lowest BCUT2D eigenvalue weighted by Gasteiger charge is -2.42. The summed E-state index contributed by atoms with van der Waals surface area (Å²) in [6, 6.07) is -0.113. The Labute approximate surface area is 119 Å². The van der Waals surface area contributed by atoms with Crippen LogP contribution in [0.25, 0.3) is 0 Å². The Morgan fingerprint density at radius 3 is 2.50 bits per heavy atom. The highest BCUT2D eigenvalue weighted by atomic mass is 16.7. The molecule has 3 saturated heterocycles. The Kier molecular flexibility index (Phi) is 4.26. The van der Waals surface area contributed by atoms with Crippen molar-refractivity contribution < 1.29 is 19.0 Å². The molecule has 3 fully saturated rings. The molecule has 1 amide bonds. The maximum Gasteiger partial charge on any atom is 0.239 e. The Bertz CT molecular complexity index is 351. The van der Waals surface area contributed by atoms with Gasteiger partial charge in [-0.1, -0.05) is 0 Å². The zero-order valence-corrected chi connectivity index (χ0v) is 12.2. The number of carbonyl (C=O) groups excluding carboxylic acids is 1. The van der Waals surface area contributed by atoms with E-state index < -0.39 is 5.79 Å². The zero-order valence-electron chi connectivity index (χ0n) is 12.2. The number of ether oxygens (including phenoxy) is 3. The maximum atomic E-state index is 12.5. The first-order chi connectivity index (χ1) is 9.70. The van der Waals surface area contributed by atoms with Gasteiger partial charge in [0.25, 0.3) is 0 Å². The van der Waals surface area contributed by atoms with Gasteiger partial charge in [0.2, 0.25) is 5.91 Å². The molecule has 0 aromatic rings. The van der Waals surface area contributed by atoms with Crippen molar-refractivity contribution in [3.8, 4) is 0 Å². The molecule has 3 heterocycles. The van der Waals surface area contributed by atoms with Crippen molar-refractivity contribution in [3.63, 3.8) is 0 Å². The van der Waals surface area contributed by atoms with E-state index in [0.717, 1.165) is 19.4 Å². The van der Waals surface area contributed by atoms with Gasteiger partial charge in [-0.25, -0.2) is 0 Å². The Hall–Kier alpha value is -0.690. The first-order valence-corrected chi connectivity index (χ1v) is 7.59. The number of rotatable bonds is 2. The number of morpholine rings is 1. The highest BCUT2D eigenvalue weighted by Gasteiger charge is 2.43. The van der Waals surface area contributed by atoms with E-state index >= 15 is 0 Å². The molecule has 0 bridgehead atoms. The topological polar surface area (TPSA) is 51.2 Å². The molecule has 1 atom stereocenters. The van der Waals surface area contributed by atoms with Gasteiger partial charge in [0.05, 0.1) is 39.0 Å². The van der Waals surface area contributed by atoms with Crippen molar-refractivity contribution in [2.45, 2.75) is 31.6 Å². The molecular weight excluding hydrogens is 260 g/mol. The summed E-state index contributed by atoms with van der Waals surface area (Å²) in [6.45, 7) is 7.66. The smallest absolute Gasteiger partial charge is 0.239 e. The van der Waals surface area contributed by atoms with E-state index in [9.17, 15) is 4.79 Å². The summed E-state index contributed by atoms with van der Waals surface area (Å²) in [5.41, 5.74) is 0. The molecule has 0 N–H and O–H groups in total. The van der Waals surface area contributed by atoms with Crippen molar-refractivity contribution in [1.82, 2.24) is 9.80 Å². The van der Waals surface area contributed by atoms with Gasteiger partial charge >= 0.3 is 0 Å². The van der Waals surface area contributed by atoms with Crippen LogP contribution in [0.15, 0.2) is 0 Å². The van der Waals surface area contributed by atoms with Gasteiger partial charge in [0, 0.05) is 19.5 Å². The second kappa shape index (κ2) is 5.97. The molecule has 20 heavy (non-hydrogen) atoms. The molecule has 1 unspecified atom stereocenters.